The normalized spacial score (nSPS) is 27.6. The summed E-state index contributed by atoms with van der Waals surface area (Å²) in [6, 6.07) is 1.49. The Hall–Kier alpha value is -1.71. The van der Waals surface area contributed by atoms with Crippen molar-refractivity contribution in [1.82, 2.24) is 15.2 Å². The van der Waals surface area contributed by atoms with Crippen LogP contribution in [0.3, 0.4) is 0 Å². The van der Waals surface area contributed by atoms with E-state index >= 15 is 0 Å². The Labute approximate surface area is 187 Å². The Morgan fingerprint density at radius 3 is 2.75 bits per heavy atom. The third kappa shape index (κ3) is 5.99. The van der Waals surface area contributed by atoms with Crippen molar-refractivity contribution in [3.05, 3.63) is 29.1 Å². The van der Waals surface area contributed by atoms with E-state index in [9.17, 15) is 18.0 Å². The average Bonchev–Trinajstić information content (AvgIpc) is 3.42. The molecule has 0 spiro atoms. The molecule has 1 saturated heterocycles. The minimum absolute atomic E-state index is 0.0266. The summed E-state index contributed by atoms with van der Waals surface area (Å²) >= 11 is 0. The number of methoxy groups -OCH3 is 1. The van der Waals surface area contributed by atoms with Gasteiger partial charge >= 0.3 is 6.18 Å². The van der Waals surface area contributed by atoms with Crippen molar-refractivity contribution >= 4 is 5.91 Å². The second-order valence-electron chi connectivity index (χ2n) is 8.84. The van der Waals surface area contributed by atoms with Crippen LogP contribution in [0.5, 0.6) is 0 Å². The topological polar surface area (TPSA) is 63.7 Å². The first-order valence-corrected chi connectivity index (χ1v) is 11.5. The molecule has 3 aliphatic rings. The van der Waals surface area contributed by atoms with Crippen LogP contribution in [0.2, 0.25) is 0 Å². The number of rotatable bonds is 4. The SMILES string of the molecule is CCC.COC1COCC1NC1CCC(C(=O)N2CCc3ncc(C(F)(F)F)cc3C2)C1. The zero-order valence-electron chi connectivity index (χ0n) is 19.1. The summed E-state index contributed by atoms with van der Waals surface area (Å²) in [5.74, 6) is -0.0700. The van der Waals surface area contributed by atoms with E-state index in [1.54, 1.807) is 12.0 Å². The Morgan fingerprint density at radius 1 is 1.31 bits per heavy atom. The van der Waals surface area contributed by atoms with Gasteiger partial charge < -0.3 is 19.7 Å². The number of nitrogens with one attached hydrogen (secondary N) is 1. The average molecular weight is 458 g/mol. The summed E-state index contributed by atoms with van der Waals surface area (Å²) < 4.78 is 49.8. The van der Waals surface area contributed by atoms with Gasteiger partial charge in [0.1, 0.15) is 0 Å². The molecule has 32 heavy (non-hydrogen) atoms. The van der Waals surface area contributed by atoms with Crippen LogP contribution in [0.25, 0.3) is 0 Å². The fourth-order valence-corrected chi connectivity index (χ4v) is 4.61. The van der Waals surface area contributed by atoms with Crippen molar-refractivity contribution in [1.29, 1.82) is 0 Å². The molecule has 0 bridgehead atoms. The predicted molar refractivity (Wildman–Crippen MR) is 114 cm³/mol. The molecule has 1 aromatic heterocycles. The number of hydrogen-bond acceptors (Lipinski definition) is 5. The number of fused-ring (bicyclic) bond motifs is 1. The number of amides is 1. The molecule has 2 aliphatic heterocycles. The first-order chi connectivity index (χ1) is 15.3. The largest absolute Gasteiger partial charge is 0.417 e. The lowest BCUT2D eigenvalue weighted by molar-refractivity contribution is -0.137. The van der Waals surface area contributed by atoms with E-state index in [0.29, 0.717) is 37.4 Å². The molecular weight excluding hydrogens is 423 g/mol. The molecular formula is C23H34F3N3O3. The number of aromatic nitrogens is 1. The number of carbonyl (C=O) groups is 1. The van der Waals surface area contributed by atoms with Crippen LogP contribution in [0.4, 0.5) is 13.2 Å². The van der Waals surface area contributed by atoms with Crippen molar-refractivity contribution in [2.75, 3.05) is 26.9 Å². The Kier molecular flexibility index (Phi) is 8.52. The number of carbonyl (C=O) groups excluding carboxylic acids is 1. The fraction of sp³-hybridized carbons (Fsp3) is 0.739. The second kappa shape index (κ2) is 10.9. The van der Waals surface area contributed by atoms with Gasteiger partial charge in [0.25, 0.3) is 0 Å². The Morgan fingerprint density at radius 2 is 2.06 bits per heavy atom. The number of pyridine rings is 1. The van der Waals surface area contributed by atoms with Crippen LogP contribution in [0.1, 0.15) is 56.4 Å². The maximum Gasteiger partial charge on any atom is 0.417 e. The van der Waals surface area contributed by atoms with Gasteiger partial charge in [-0.25, -0.2) is 0 Å². The molecule has 4 rings (SSSR count). The highest BCUT2D eigenvalue weighted by molar-refractivity contribution is 5.79. The van der Waals surface area contributed by atoms with Crippen LogP contribution in [-0.2, 0) is 33.4 Å². The zero-order valence-corrected chi connectivity index (χ0v) is 19.1. The highest BCUT2D eigenvalue weighted by Crippen LogP contribution is 2.33. The highest BCUT2D eigenvalue weighted by atomic mass is 19.4. The maximum absolute atomic E-state index is 13.0. The summed E-state index contributed by atoms with van der Waals surface area (Å²) in [5.41, 5.74) is 0.389. The second-order valence-corrected chi connectivity index (χ2v) is 8.84. The molecule has 0 radical (unpaired) electrons. The zero-order chi connectivity index (χ0) is 23.3. The maximum atomic E-state index is 13.0. The first-order valence-electron chi connectivity index (χ1n) is 11.5. The molecule has 1 N–H and O–H groups in total. The molecule has 2 fully saturated rings. The van der Waals surface area contributed by atoms with Crippen LogP contribution in [0, 0.1) is 5.92 Å². The summed E-state index contributed by atoms with van der Waals surface area (Å²) in [5, 5.41) is 3.55. The minimum atomic E-state index is -4.43. The van der Waals surface area contributed by atoms with E-state index < -0.39 is 11.7 Å². The molecule has 1 aliphatic carbocycles. The Bertz CT molecular complexity index is 775. The third-order valence-electron chi connectivity index (χ3n) is 6.24. The van der Waals surface area contributed by atoms with Gasteiger partial charge in [0, 0.05) is 50.5 Å². The summed E-state index contributed by atoms with van der Waals surface area (Å²) in [6.07, 6.45) is 0.628. The quantitative estimate of drug-likeness (QED) is 0.749. The van der Waals surface area contributed by atoms with Gasteiger partial charge in [0.2, 0.25) is 5.91 Å². The van der Waals surface area contributed by atoms with Crippen LogP contribution in [0.15, 0.2) is 12.3 Å². The minimum Gasteiger partial charge on any atom is -0.377 e. The molecule has 4 unspecified atom stereocenters. The molecule has 4 atom stereocenters. The smallest absolute Gasteiger partial charge is 0.377 e. The first kappa shape index (κ1) is 24.9. The van der Waals surface area contributed by atoms with E-state index in [1.165, 1.54) is 6.42 Å². The summed E-state index contributed by atoms with van der Waals surface area (Å²) in [7, 11) is 1.67. The Balaban J connectivity index is 0.000000913. The number of ether oxygens (including phenoxy) is 2. The van der Waals surface area contributed by atoms with Crippen molar-refractivity contribution in [2.45, 2.75) is 76.9 Å². The lowest BCUT2D eigenvalue weighted by atomic mass is 10.00. The predicted octanol–water partition coefficient (Wildman–Crippen LogP) is 3.57. The monoisotopic (exact) mass is 457 g/mol. The molecule has 180 valence electrons. The third-order valence-corrected chi connectivity index (χ3v) is 6.24. The van der Waals surface area contributed by atoms with Gasteiger partial charge in [-0.3, -0.25) is 9.78 Å². The van der Waals surface area contributed by atoms with Gasteiger partial charge in [-0.2, -0.15) is 13.2 Å². The number of halogens is 3. The fourth-order valence-electron chi connectivity index (χ4n) is 4.61. The van der Waals surface area contributed by atoms with E-state index in [1.807, 2.05) is 0 Å². The van der Waals surface area contributed by atoms with E-state index in [2.05, 4.69) is 24.1 Å². The highest BCUT2D eigenvalue weighted by Gasteiger charge is 2.38. The van der Waals surface area contributed by atoms with E-state index in [0.717, 1.165) is 31.5 Å². The lowest BCUT2D eigenvalue weighted by Gasteiger charge is -2.31. The summed E-state index contributed by atoms with van der Waals surface area (Å²) in [6.45, 7) is 6.12. The molecule has 1 aromatic rings. The number of nitrogens with zero attached hydrogens (tertiary/aromatic N) is 2. The number of alkyl halides is 3. The van der Waals surface area contributed by atoms with Crippen molar-refractivity contribution in [2.24, 2.45) is 5.92 Å². The van der Waals surface area contributed by atoms with Crippen LogP contribution in [-0.4, -0.2) is 60.8 Å². The van der Waals surface area contributed by atoms with Crippen molar-refractivity contribution in [3.8, 4) is 0 Å². The van der Waals surface area contributed by atoms with Gasteiger partial charge in [0.05, 0.1) is 30.9 Å². The lowest BCUT2D eigenvalue weighted by Crippen LogP contribution is -2.45. The van der Waals surface area contributed by atoms with Crippen LogP contribution < -0.4 is 5.32 Å². The van der Waals surface area contributed by atoms with Gasteiger partial charge in [-0.05, 0) is 30.9 Å². The summed E-state index contributed by atoms with van der Waals surface area (Å²) in [4.78, 5) is 18.7. The standard InChI is InChI=1S/C20H26F3N3O3.C3H8/c1-28-18-11-29-10-17(18)25-15-3-2-12(7-15)19(27)26-5-4-16-13(9-26)6-14(8-24-16)20(21,22)23;1-3-2/h6,8,12,15,17-18,25H,2-5,7,9-11H2,1H3;3H2,1-2H3. The van der Waals surface area contributed by atoms with Gasteiger partial charge in [-0.1, -0.05) is 20.3 Å². The molecule has 9 heteroatoms. The molecule has 3 heterocycles. The number of hydrogen-bond donors (Lipinski definition) is 1. The van der Waals surface area contributed by atoms with Crippen LogP contribution >= 0.6 is 0 Å². The van der Waals surface area contributed by atoms with Gasteiger partial charge in [-0.15, -0.1) is 0 Å². The molecule has 0 aromatic carbocycles. The molecule has 1 amide bonds. The molecule has 6 nitrogen and oxygen atoms in total. The van der Waals surface area contributed by atoms with Gasteiger partial charge in [0.15, 0.2) is 0 Å². The van der Waals surface area contributed by atoms with E-state index in [4.69, 9.17) is 9.47 Å². The van der Waals surface area contributed by atoms with E-state index in [-0.39, 0.29) is 36.6 Å². The van der Waals surface area contributed by atoms with Crippen molar-refractivity contribution < 1.29 is 27.4 Å². The molecule has 1 saturated carbocycles. The van der Waals surface area contributed by atoms with Crippen molar-refractivity contribution in [3.63, 3.8) is 0 Å².